The molecule has 0 aliphatic carbocycles. The average Bonchev–Trinajstić information content (AvgIpc) is 1.88. The van der Waals surface area contributed by atoms with E-state index in [0.717, 1.165) is 11.3 Å². The first-order chi connectivity index (χ1) is 4.70. The molecule has 10 heavy (non-hydrogen) atoms. The first-order valence-corrected chi connectivity index (χ1v) is 3.38. The van der Waals surface area contributed by atoms with Gasteiger partial charge in [0.05, 0.1) is 0 Å². The molecule has 0 spiro atoms. The number of nitrogens with zero attached hydrogens (tertiary/aromatic N) is 1. The second-order valence-corrected chi connectivity index (χ2v) is 2.52. The summed E-state index contributed by atoms with van der Waals surface area (Å²) in [4.78, 5) is 4.12. The van der Waals surface area contributed by atoms with E-state index in [9.17, 15) is 0 Å². The Bertz CT molecular complexity index is 201. The van der Waals surface area contributed by atoms with Crippen molar-refractivity contribution in [3.8, 4) is 0 Å². The smallest absolute Gasteiger partial charge is 0.0372 e. The zero-order valence-electron chi connectivity index (χ0n) is 6.33. The predicted molar refractivity (Wildman–Crippen MR) is 41.6 cm³/mol. The molecule has 2 nitrogen and oxygen atoms in total. The van der Waals surface area contributed by atoms with Gasteiger partial charge in [0.2, 0.25) is 0 Å². The van der Waals surface area contributed by atoms with Crippen molar-refractivity contribution in [3.05, 3.63) is 29.6 Å². The van der Waals surface area contributed by atoms with Crippen molar-refractivity contribution in [2.45, 2.75) is 19.9 Å². The van der Waals surface area contributed by atoms with Crippen LogP contribution in [-0.4, -0.2) is 4.98 Å². The number of hydrogen-bond donors (Lipinski definition) is 1. The molecule has 1 aromatic rings. The molecule has 0 saturated carbocycles. The van der Waals surface area contributed by atoms with Crippen LogP contribution in [0.1, 0.15) is 24.2 Å². The van der Waals surface area contributed by atoms with E-state index in [-0.39, 0.29) is 6.04 Å². The Hall–Kier alpha value is -0.890. The summed E-state index contributed by atoms with van der Waals surface area (Å²) in [6.45, 7) is 3.91. The minimum Gasteiger partial charge on any atom is -0.324 e. The Morgan fingerprint density at radius 1 is 1.50 bits per heavy atom. The van der Waals surface area contributed by atoms with Gasteiger partial charge in [-0.05, 0) is 25.5 Å². The SMILES string of the molecule is Cc1ccc([C@H](C)N)cn1. The van der Waals surface area contributed by atoms with E-state index in [2.05, 4.69) is 4.98 Å². The zero-order valence-corrected chi connectivity index (χ0v) is 6.33. The summed E-state index contributed by atoms with van der Waals surface area (Å²) in [5, 5.41) is 0. The van der Waals surface area contributed by atoms with Crippen molar-refractivity contribution in [3.63, 3.8) is 0 Å². The highest BCUT2D eigenvalue weighted by Crippen LogP contribution is 2.06. The van der Waals surface area contributed by atoms with Crippen LogP contribution < -0.4 is 5.73 Å². The second-order valence-electron chi connectivity index (χ2n) is 2.52. The molecule has 1 atom stereocenters. The van der Waals surface area contributed by atoms with E-state index >= 15 is 0 Å². The van der Waals surface area contributed by atoms with Gasteiger partial charge in [0.1, 0.15) is 0 Å². The monoisotopic (exact) mass is 136 g/mol. The van der Waals surface area contributed by atoms with Gasteiger partial charge in [-0.3, -0.25) is 4.98 Å². The number of pyridine rings is 1. The van der Waals surface area contributed by atoms with Crippen LogP contribution in [0.15, 0.2) is 18.3 Å². The van der Waals surface area contributed by atoms with E-state index in [0.29, 0.717) is 0 Å². The van der Waals surface area contributed by atoms with Crippen molar-refractivity contribution < 1.29 is 0 Å². The number of aromatic nitrogens is 1. The normalized spacial score (nSPS) is 13.1. The Morgan fingerprint density at radius 3 is 2.60 bits per heavy atom. The highest BCUT2D eigenvalue weighted by atomic mass is 14.7. The van der Waals surface area contributed by atoms with Crippen LogP contribution in [0.2, 0.25) is 0 Å². The topological polar surface area (TPSA) is 38.9 Å². The maximum Gasteiger partial charge on any atom is 0.0372 e. The summed E-state index contributed by atoms with van der Waals surface area (Å²) < 4.78 is 0. The van der Waals surface area contributed by atoms with Crippen LogP contribution in [0.5, 0.6) is 0 Å². The van der Waals surface area contributed by atoms with Crippen LogP contribution >= 0.6 is 0 Å². The molecule has 0 aromatic carbocycles. The minimum atomic E-state index is 0.0908. The fourth-order valence-electron chi connectivity index (χ4n) is 0.749. The first kappa shape index (κ1) is 7.22. The molecule has 1 aromatic heterocycles. The van der Waals surface area contributed by atoms with Crippen LogP contribution in [0.25, 0.3) is 0 Å². The molecule has 0 bridgehead atoms. The molecule has 2 heteroatoms. The van der Waals surface area contributed by atoms with E-state index in [4.69, 9.17) is 5.73 Å². The van der Waals surface area contributed by atoms with Crippen LogP contribution in [0, 0.1) is 6.92 Å². The Morgan fingerprint density at radius 2 is 2.20 bits per heavy atom. The van der Waals surface area contributed by atoms with E-state index in [1.165, 1.54) is 0 Å². The molecule has 1 heterocycles. The van der Waals surface area contributed by atoms with E-state index in [1.807, 2.05) is 32.2 Å². The molecule has 0 aliphatic heterocycles. The predicted octanol–water partition coefficient (Wildman–Crippen LogP) is 1.41. The molecule has 0 fully saturated rings. The lowest BCUT2D eigenvalue weighted by Gasteiger charge is -2.03. The minimum absolute atomic E-state index is 0.0908. The maximum absolute atomic E-state index is 5.62. The number of aryl methyl sites for hydroxylation is 1. The van der Waals surface area contributed by atoms with Crippen molar-refractivity contribution >= 4 is 0 Å². The fraction of sp³-hybridized carbons (Fsp3) is 0.375. The highest BCUT2D eigenvalue weighted by molar-refractivity contribution is 5.15. The van der Waals surface area contributed by atoms with Crippen molar-refractivity contribution in [1.29, 1.82) is 0 Å². The molecule has 0 unspecified atom stereocenters. The third-order valence-electron chi connectivity index (χ3n) is 1.46. The summed E-state index contributed by atoms with van der Waals surface area (Å²) in [5.74, 6) is 0. The van der Waals surface area contributed by atoms with Crippen LogP contribution in [0.3, 0.4) is 0 Å². The lowest BCUT2D eigenvalue weighted by Crippen LogP contribution is -2.04. The van der Waals surface area contributed by atoms with Gasteiger partial charge >= 0.3 is 0 Å². The molecule has 1 rings (SSSR count). The molecule has 0 amide bonds. The van der Waals surface area contributed by atoms with E-state index < -0.39 is 0 Å². The lowest BCUT2D eigenvalue weighted by atomic mass is 10.1. The van der Waals surface area contributed by atoms with Crippen molar-refractivity contribution in [2.75, 3.05) is 0 Å². The summed E-state index contributed by atoms with van der Waals surface area (Å²) in [7, 11) is 0. The number of hydrogen-bond acceptors (Lipinski definition) is 2. The van der Waals surface area contributed by atoms with Crippen LogP contribution in [0.4, 0.5) is 0 Å². The van der Waals surface area contributed by atoms with Crippen LogP contribution in [-0.2, 0) is 0 Å². The molecule has 0 aliphatic rings. The van der Waals surface area contributed by atoms with Gasteiger partial charge in [0.15, 0.2) is 0 Å². The molecular weight excluding hydrogens is 124 g/mol. The first-order valence-electron chi connectivity index (χ1n) is 3.38. The standard InChI is InChI=1S/C8H12N2/c1-6-3-4-8(5-10-6)7(2)9/h3-5,7H,9H2,1-2H3/t7-/m0/s1. The van der Waals surface area contributed by atoms with Gasteiger partial charge in [-0.15, -0.1) is 0 Å². The van der Waals surface area contributed by atoms with Gasteiger partial charge in [-0.1, -0.05) is 6.07 Å². The third kappa shape index (κ3) is 1.54. The summed E-state index contributed by atoms with van der Waals surface area (Å²) in [5.41, 5.74) is 7.74. The van der Waals surface area contributed by atoms with Crippen molar-refractivity contribution in [2.24, 2.45) is 5.73 Å². The number of nitrogens with two attached hydrogens (primary N) is 1. The Kier molecular flexibility index (Phi) is 2.02. The Balaban J connectivity index is 2.89. The zero-order chi connectivity index (χ0) is 7.56. The van der Waals surface area contributed by atoms with Gasteiger partial charge in [0.25, 0.3) is 0 Å². The van der Waals surface area contributed by atoms with Crippen molar-refractivity contribution in [1.82, 2.24) is 4.98 Å². The lowest BCUT2D eigenvalue weighted by molar-refractivity contribution is 0.810. The summed E-state index contributed by atoms with van der Waals surface area (Å²) in [6.07, 6.45) is 1.82. The van der Waals surface area contributed by atoms with Gasteiger partial charge < -0.3 is 5.73 Å². The highest BCUT2D eigenvalue weighted by Gasteiger charge is 1.96. The van der Waals surface area contributed by atoms with Gasteiger partial charge in [-0.25, -0.2) is 0 Å². The molecule has 0 radical (unpaired) electrons. The fourth-order valence-corrected chi connectivity index (χ4v) is 0.749. The molecule has 2 N–H and O–H groups in total. The Labute approximate surface area is 61.1 Å². The largest absolute Gasteiger partial charge is 0.324 e. The molecule has 0 saturated heterocycles. The third-order valence-corrected chi connectivity index (χ3v) is 1.46. The molecule has 54 valence electrons. The summed E-state index contributed by atoms with van der Waals surface area (Å²) >= 11 is 0. The maximum atomic E-state index is 5.62. The molecular formula is C8H12N2. The van der Waals surface area contributed by atoms with E-state index in [1.54, 1.807) is 0 Å². The second kappa shape index (κ2) is 2.80. The summed E-state index contributed by atoms with van der Waals surface area (Å²) in [6, 6.07) is 4.07. The quantitative estimate of drug-likeness (QED) is 0.634. The average molecular weight is 136 g/mol. The van der Waals surface area contributed by atoms with Gasteiger partial charge in [0, 0.05) is 17.9 Å². The number of rotatable bonds is 1. The van der Waals surface area contributed by atoms with Gasteiger partial charge in [-0.2, -0.15) is 0 Å².